The van der Waals surface area contributed by atoms with Crippen molar-refractivity contribution in [2.75, 3.05) is 26.0 Å². The highest BCUT2D eigenvalue weighted by molar-refractivity contribution is 7.91. The third-order valence-electron chi connectivity index (χ3n) is 4.61. The van der Waals surface area contributed by atoms with Crippen LogP contribution in [0.2, 0.25) is 0 Å². The van der Waals surface area contributed by atoms with Crippen molar-refractivity contribution >= 4 is 15.8 Å². The molecule has 10 heteroatoms. The van der Waals surface area contributed by atoms with E-state index in [2.05, 4.69) is 20.3 Å². The monoisotopic (exact) mass is 372 g/mol. The first-order valence-corrected chi connectivity index (χ1v) is 10.2. The van der Waals surface area contributed by atoms with E-state index in [0.717, 1.165) is 32.2 Å². The van der Waals surface area contributed by atoms with Crippen molar-refractivity contribution in [1.82, 2.24) is 20.1 Å². The Morgan fingerprint density at radius 1 is 1.36 bits per heavy atom. The van der Waals surface area contributed by atoms with Crippen LogP contribution in [0, 0.1) is 0 Å². The number of carbonyl (C=O) groups excluding carboxylic acids is 1. The fraction of sp³-hybridized carbons (Fsp3) is 0.800. The van der Waals surface area contributed by atoms with E-state index in [9.17, 15) is 13.2 Å². The molecule has 9 nitrogen and oxygen atoms in total. The number of nitrogens with one attached hydrogen (secondary N) is 1. The zero-order valence-corrected chi connectivity index (χ0v) is 15.1. The van der Waals surface area contributed by atoms with Crippen LogP contribution >= 0.6 is 0 Å². The number of nitrogens with zero attached hydrogens (tertiary/aromatic N) is 3. The normalized spacial score (nSPS) is 23.9. The number of hydrogen-bond acceptors (Lipinski definition) is 8. The predicted octanol–water partition coefficient (Wildman–Crippen LogP) is 0.218. The summed E-state index contributed by atoms with van der Waals surface area (Å²) in [5.41, 5.74) is 0. The summed E-state index contributed by atoms with van der Waals surface area (Å²) in [5.74, 6) is -0.280. The minimum atomic E-state index is -3.74. The Labute approximate surface area is 147 Å². The van der Waals surface area contributed by atoms with Crippen molar-refractivity contribution in [2.45, 2.75) is 56.0 Å². The maximum Gasteiger partial charge on any atom is 0.306 e. The van der Waals surface area contributed by atoms with Gasteiger partial charge in [0.05, 0.1) is 38.0 Å². The van der Waals surface area contributed by atoms with Gasteiger partial charge in [0, 0.05) is 6.61 Å². The zero-order valence-electron chi connectivity index (χ0n) is 14.3. The largest absolute Gasteiger partial charge is 0.469 e. The van der Waals surface area contributed by atoms with Gasteiger partial charge in [-0.3, -0.25) is 9.36 Å². The number of methoxy groups -OCH3 is 1. The molecule has 0 bridgehead atoms. The van der Waals surface area contributed by atoms with E-state index >= 15 is 0 Å². The lowest BCUT2D eigenvalue weighted by atomic mass is 10.2. The van der Waals surface area contributed by atoms with Gasteiger partial charge in [-0.25, -0.2) is 8.42 Å². The molecular weight excluding hydrogens is 348 g/mol. The first kappa shape index (κ1) is 18.3. The number of carbonyl (C=O) groups is 1. The van der Waals surface area contributed by atoms with E-state index < -0.39 is 15.8 Å². The molecule has 1 aromatic heterocycles. The molecule has 140 valence electrons. The van der Waals surface area contributed by atoms with E-state index in [4.69, 9.17) is 4.74 Å². The second kappa shape index (κ2) is 7.79. The first-order chi connectivity index (χ1) is 12.0. The van der Waals surface area contributed by atoms with Crippen LogP contribution in [-0.2, 0) is 30.7 Å². The molecule has 1 aromatic rings. The molecule has 0 radical (unpaired) electrons. The third kappa shape index (κ3) is 4.18. The van der Waals surface area contributed by atoms with Gasteiger partial charge in [0.1, 0.15) is 0 Å². The topological polar surface area (TPSA) is 112 Å². The lowest BCUT2D eigenvalue weighted by Gasteiger charge is -2.17. The van der Waals surface area contributed by atoms with Gasteiger partial charge in [0.2, 0.25) is 15.0 Å². The third-order valence-corrected chi connectivity index (χ3v) is 6.21. The molecule has 3 heterocycles. The molecule has 2 atom stereocenters. The van der Waals surface area contributed by atoms with Crippen molar-refractivity contribution in [1.29, 1.82) is 0 Å². The van der Waals surface area contributed by atoms with Crippen LogP contribution < -0.4 is 5.32 Å². The van der Waals surface area contributed by atoms with E-state index in [-0.39, 0.29) is 29.5 Å². The molecular formula is C15H24N4O5S. The minimum absolute atomic E-state index is 0.00143. The van der Waals surface area contributed by atoms with Crippen LogP contribution in [0.15, 0.2) is 5.16 Å². The molecule has 0 aliphatic carbocycles. The molecule has 1 N–H and O–H groups in total. The van der Waals surface area contributed by atoms with Gasteiger partial charge in [-0.2, -0.15) is 0 Å². The average Bonchev–Trinajstić information content (AvgIpc) is 3.34. The van der Waals surface area contributed by atoms with Crippen LogP contribution in [0.1, 0.15) is 44.0 Å². The van der Waals surface area contributed by atoms with Gasteiger partial charge in [-0.15, -0.1) is 10.2 Å². The zero-order chi connectivity index (χ0) is 17.9. The molecule has 2 saturated heterocycles. The van der Waals surface area contributed by atoms with E-state index in [1.165, 1.54) is 7.11 Å². The van der Waals surface area contributed by atoms with Crippen LogP contribution in [0.25, 0.3) is 0 Å². The Morgan fingerprint density at radius 3 is 2.84 bits per heavy atom. The number of esters is 1. The van der Waals surface area contributed by atoms with Gasteiger partial charge in [0.25, 0.3) is 0 Å². The van der Waals surface area contributed by atoms with Gasteiger partial charge >= 0.3 is 5.97 Å². The summed E-state index contributed by atoms with van der Waals surface area (Å²) >= 11 is 0. The lowest BCUT2D eigenvalue weighted by molar-refractivity contribution is -0.140. The van der Waals surface area contributed by atoms with Gasteiger partial charge < -0.3 is 14.8 Å². The molecule has 2 aliphatic heterocycles. The summed E-state index contributed by atoms with van der Waals surface area (Å²) in [7, 11) is -2.51. The highest BCUT2D eigenvalue weighted by Crippen LogP contribution is 2.26. The smallest absolute Gasteiger partial charge is 0.306 e. The number of rotatable bonds is 7. The summed E-state index contributed by atoms with van der Waals surface area (Å²) < 4.78 is 37.2. The van der Waals surface area contributed by atoms with Crippen LogP contribution in [0.5, 0.6) is 0 Å². The van der Waals surface area contributed by atoms with Crippen molar-refractivity contribution in [3.8, 4) is 0 Å². The average molecular weight is 372 g/mol. The molecule has 0 spiro atoms. The van der Waals surface area contributed by atoms with E-state index in [1.807, 2.05) is 0 Å². The maximum atomic E-state index is 12.7. The SMILES string of the molecule is COC(=O)CCS(=O)(=O)c1nnc(C2CCCN2)n1CC1CCCO1. The minimum Gasteiger partial charge on any atom is -0.469 e. The lowest BCUT2D eigenvalue weighted by Crippen LogP contribution is -2.25. The Kier molecular flexibility index (Phi) is 5.70. The quantitative estimate of drug-likeness (QED) is 0.676. The van der Waals surface area contributed by atoms with Crippen molar-refractivity contribution in [3.05, 3.63) is 5.82 Å². The first-order valence-electron chi connectivity index (χ1n) is 8.59. The van der Waals surface area contributed by atoms with Crippen molar-refractivity contribution in [2.24, 2.45) is 0 Å². The Hall–Kier alpha value is -1.52. The summed E-state index contributed by atoms with van der Waals surface area (Å²) in [6, 6.07) is -0.00143. The highest BCUT2D eigenvalue weighted by Gasteiger charge is 2.31. The maximum absolute atomic E-state index is 12.7. The number of ether oxygens (including phenoxy) is 2. The predicted molar refractivity (Wildman–Crippen MR) is 87.7 cm³/mol. The molecule has 0 amide bonds. The second-order valence-corrected chi connectivity index (χ2v) is 8.38. The number of hydrogen-bond donors (Lipinski definition) is 1. The number of sulfone groups is 1. The van der Waals surface area contributed by atoms with Crippen molar-refractivity contribution < 1.29 is 22.7 Å². The Balaban J connectivity index is 1.87. The Bertz CT molecular complexity index is 706. The van der Waals surface area contributed by atoms with E-state index in [0.29, 0.717) is 19.0 Å². The molecule has 0 saturated carbocycles. The molecule has 2 fully saturated rings. The molecule has 2 unspecified atom stereocenters. The summed E-state index contributed by atoms with van der Waals surface area (Å²) in [6.07, 6.45) is 3.52. The molecule has 3 rings (SSSR count). The number of aromatic nitrogens is 3. The van der Waals surface area contributed by atoms with Gasteiger partial charge in [0.15, 0.2) is 5.82 Å². The van der Waals surface area contributed by atoms with Gasteiger partial charge in [-0.1, -0.05) is 0 Å². The highest BCUT2D eigenvalue weighted by atomic mass is 32.2. The molecule has 25 heavy (non-hydrogen) atoms. The Morgan fingerprint density at radius 2 is 2.20 bits per heavy atom. The molecule has 2 aliphatic rings. The van der Waals surface area contributed by atoms with Crippen LogP contribution in [0.3, 0.4) is 0 Å². The van der Waals surface area contributed by atoms with Crippen molar-refractivity contribution in [3.63, 3.8) is 0 Å². The van der Waals surface area contributed by atoms with Gasteiger partial charge in [-0.05, 0) is 32.2 Å². The second-order valence-electron chi connectivity index (χ2n) is 6.38. The standard InChI is InChI=1S/C15H24N4O5S/c1-23-13(20)6-9-25(21,22)15-18-17-14(12-5-2-7-16-12)19(15)10-11-4-3-8-24-11/h11-12,16H,2-10H2,1H3. The summed E-state index contributed by atoms with van der Waals surface area (Å²) in [4.78, 5) is 11.3. The molecule has 0 aromatic carbocycles. The summed E-state index contributed by atoms with van der Waals surface area (Å²) in [6.45, 7) is 1.98. The van der Waals surface area contributed by atoms with E-state index in [1.54, 1.807) is 4.57 Å². The van der Waals surface area contributed by atoms with Crippen LogP contribution in [-0.4, -0.2) is 61.3 Å². The summed E-state index contributed by atoms with van der Waals surface area (Å²) in [5, 5.41) is 11.4. The fourth-order valence-corrected chi connectivity index (χ4v) is 4.55. The van der Waals surface area contributed by atoms with Crippen LogP contribution in [0.4, 0.5) is 0 Å². The fourth-order valence-electron chi connectivity index (χ4n) is 3.27.